The highest BCUT2D eigenvalue weighted by Crippen LogP contribution is 2.29. The van der Waals surface area contributed by atoms with Crippen LogP contribution >= 0.6 is 27.3 Å². The molecule has 3 rings (SSSR count). The zero-order chi connectivity index (χ0) is 11.0. The highest BCUT2D eigenvalue weighted by atomic mass is 79.9. The molecule has 0 atom stereocenters. The third-order valence-electron chi connectivity index (χ3n) is 1.96. The summed E-state index contributed by atoms with van der Waals surface area (Å²) < 4.78 is 6.34. The van der Waals surface area contributed by atoms with Crippen LogP contribution in [0.4, 0.5) is 0 Å². The minimum Gasteiger partial charge on any atom is -0.414 e. The summed E-state index contributed by atoms with van der Waals surface area (Å²) in [6.07, 6.45) is 1.64. The van der Waals surface area contributed by atoms with Crippen LogP contribution in [0.15, 0.2) is 32.6 Å². The molecule has 80 valence electrons. The lowest BCUT2D eigenvalue weighted by Crippen LogP contribution is -1.78. The first-order valence-corrected chi connectivity index (χ1v) is 6.08. The molecule has 0 bridgehead atoms. The summed E-state index contributed by atoms with van der Waals surface area (Å²) in [6, 6.07) is 3.87. The van der Waals surface area contributed by atoms with E-state index >= 15 is 0 Å². The van der Waals surface area contributed by atoms with Crippen LogP contribution in [-0.4, -0.2) is 20.4 Å². The Hall–Kier alpha value is -1.47. The molecule has 0 aliphatic heterocycles. The van der Waals surface area contributed by atoms with Crippen LogP contribution in [0.5, 0.6) is 0 Å². The van der Waals surface area contributed by atoms with Crippen molar-refractivity contribution in [2.75, 3.05) is 0 Å². The molecule has 0 amide bonds. The average Bonchev–Trinajstić information content (AvgIpc) is 2.96. The number of nitrogens with one attached hydrogen (secondary N) is 1. The number of nitrogens with zero attached hydrogens (tertiary/aromatic N) is 3. The fourth-order valence-electron chi connectivity index (χ4n) is 1.25. The van der Waals surface area contributed by atoms with Crippen molar-refractivity contribution >= 4 is 27.3 Å². The van der Waals surface area contributed by atoms with Crippen LogP contribution < -0.4 is 0 Å². The van der Waals surface area contributed by atoms with E-state index in [0.29, 0.717) is 17.5 Å². The van der Waals surface area contributed by atoms with Crippen molar-refractivity contribution in [2.24, 2.45) is 0 Å². The van der Waals surface area contributed by atoms with Crippen molar-refractivity contribution in [3.63, 3.8) is 0 Å². The smallest absolute Gasteiger partial charge is 0.267 e. The van der Waals surface area contributed by atoms with E-state index in [1.165, 1.54) is 0 Å². The van der Waals surface area contributed by atoms with Crippen molar-refractivity contribution in [1.82, 2.24) is 20.4 Å². The highest BCUT2D eigenvalue weighted by Gasteiger charge is 2.14. The lowest BCUT2D eigenvalue weighted by molar-refractivity contribution is 0.583. The van der Waals surface area contributed by atoms with Gasteiger partial charge in [-0.25, -0.2) is 0 Å². The molecule has 3 heterocycles. The zero-order valence-corrected chi connectivity index (χ0v) is 10.2. The number of aromatic amines is 1. The molecule has 1 N–H and O–H groups in total. The predicted molar refractivity (Wildman–Crippen MR) is 62.9 cm³/mol. The molecule has 0 spiro atoms. The first-order valence-electron chi connectivity index (χ1n) is 4.41. The second-order valence-electron chi connectivity index (χ2n) is 2.98. The van der Waals surface area contributed by atoms with Gasteiger partial charge in [0, 0.05) is 0 Å². The lowest BCUT2D eigenvalue weighted by atomic mass is 10.4. The topological polar surface area (TPSA) is 67.6 Å². The summed E-state index contributed by atoms with van der Waals surface area (Å²) in [5, 5.41) is 16.6. The third-order valence-corrected chi connectivity index (χ3v) is 3.42. The summed E-state index contributed by atoms with van der Waals surface area (Å²) in [6.45, 7) is 0. The first-order chi connectivity index (χ1) is 7.84. The molecule has 3 aromatic heterocycles. The zero-order valence-electron chi connectivity index (χ0n) is 7.85. The number of H-pyrrole nitrogens is 1. The summed E-state index contributed by atoms with van der Waals surface area (Å²) in [5.74, 6) is 0.944. The Morgan fingerprint density at radius 2 is 2.19 bits per heavy atom. The molecule has 3 aromatic rings. The van der Waals surface area contributed by atoms with Crippen LogP contribution in [0, 0.1) is 0 Å². The number of halogens is 1. The van der Waals surface area contributed by atoms with E-state index in [-0.39, 0.29) is 0 Å². The molecule has 0 aliphatic rings. The molecular weight excluding hydrogens is 292 g/mol. The van der Waals surface area contributed by atoms with Crippen molar-refractivity contribution in [3.8, 4) is 22.4 Å². The maximum absolute atomic E-state index is 5.54. The Kier molecular flexibility index (Phi) is 2.33. The summed E-state index contributed by atoms with van der Waals surface area (Å²) in [7, 11) is 0. The monoisotopic (exact) mass is 296 g/mol. The Labute approximate surface area is 103 Å². The number of rotatable bonds is 2. The van der Waals surface area contributed by atoms with Gasteiger partial charge in [0.25, 0.3) is 11.8 Å². The fourth-order valence-corrected chi connectivity index (χ4v) is 2.25. The van der Waals surface area contributed by atoms with E-state index in [4.69, 9.17) is 4.42 Å². The molecular formula is C9H5BrN4OS. The van der Waals surface area contributed by atoms with Gasteiger partial charge in [0.2, 0.25) is 0 Å². The van der Waals surface area contributed by atoms with Crippen LogP contribution in [0.2, 0.25) is 0 Å². The van der Waals surface area contributed by atoms with Gasteiger partial charge in [-0.05, 0) is 27.4 Å². The second kappa shape index (κ2) is 3.84. The van der Waals surface area contributed by atoms with E-state index < -0.39 is 0 Å². The SMILES string of the molecule is Brc1cn[nH]c1-c1nnc(-c2cccs2)o1. The second-order valence-corrected chi connectivity index (χ2v) is 4.78. The van der Waals surface area contributed by atoms with E-state index in [0.717, 1.165) is 9.35 Å². The van der Waals surface area contributed by atoms with Crippen LogP contribution in [0.1, 0.15) is 0 Å². The molecule has 0 unspecified atom stereocenters. The van der Waals surface area contributed by atoms with Gasteiger partial charge < -0.3 is 4.42 Å². The van der Waals surface area contributed by atoms with E-state index in [1.807, 2.05) is 17.5 Å². The Morgan fingerprint density at radius 1 is 1.31 bits per heavy atom. The molecule has 16 heavy (non-hydrogen) atoms. The van der Waals surface area contributed by atoms with Gasteiger partial charge in [-0.3, -0.25) is 5.10 Å². The Morgan fingerprint density at radius 3 is 2.88 bits per heavy atom. The van der Waals surface area contributed by atoms with E-state index in [9.17, 15) is 0 Å². The van der Waals surface area contributed by atoms with Crippen LogP contribution in [-0.2, 0) is 0 Å². The van der Waals surface area contributed by atoms with E-state index in [1.54, 1.807) is 17.5 Å². The quantitative estimate of drug-likeness (QED) is 0.789. The standard InChI is InChI=1S/C9H5BrN4OS/c10-5-4-11-12-7(5)9-14-13-8(15-9)6-2-1-3-16-6/h1-4H,(H,11,12). The Bertz CT molecular complexity index is 601. The van der Waals surface area contributed by atoms with Crippen molar-refractivity contribution in [1.29, 1.82) is 0 Å². The van der Waals surface area contributed by atoms with Crippen molar-refractivity contribution < 1.29 is 4.42 Å². The predicted octanol–water partition coefficient (Wildman–Crippen LogP) is 2.95. The molecule has 7 heteroatoms. The summed E-state index contributed by atoms with van der Waals surface area (Å²) in [5.41, 5.74) is 0.690. The molecule has 0 aromatic carbocycles. The lowest BCUT2D eigenvalue weighted by Gasteiger charge is -1.88. The number of hydrogen-bond acceptors (Lipinski definition) is 5. The number of aromatic nitrogens is 4. The first kappa shape index (κ1) is 9.73. The highest BCUT2D eigenvalue weighted by molar-refractivity contribution is 9.10. The van der Waals surface area contributed by atoms with Gasteiger partial charge in [0.1, 0.15) is 5.69 Å². The van der Waals surface area contributed by atoms with Crippen molar-refractivity contribution in [3.05, 3.63) is 28.2 Å². The van der Waals surface area contributed by atoms with Gasteiger partial charge in [0.15, 0.2) is 0 Å². The molecule has 0 radical (unpaired) electrons. The van der Waals surface area contributed by atoms with Gasteiger partial charge in [0.05, 0.1) is 15.5 Å². The minimum atomic E-state index is 0.424. The minimum absolute atomic E-state index is 0.424. The van der Waals surface area contributed by atoms with Gasteiger partial charge in [-0.15, -0.1) is 21.5 Å². The molecule has 0 saturated carbocycles. The Balaban J connectivity index is 2.03. The van der Waals surface area contributed by atoms with Gasteiger partial charge in [-0.2, -0.15) is 5.10 Å². The fraction of sp³-hybridized carbons (Fsp3) is 0. The molecule has 0 saturated heterocycles. The van der Waals surface area contributed by atoms with Gasteiger partial charge in [-0.1, -0.05) is 6.07 Å². The number of thiophene rings is 1. The molecule has 5 nitrogen and oxygen atoms in total. The maximum atomic E-state index is 5.54. The normalized spacial score (nSPS) is 10.8. The van der Waals surface area contributed by atoms with Crippen molar-refractivity contribution in [2.45, 2.75) is 0 Å². The summed E-state index contributed by atoms with van der Waals surface area (Å²) in [4.78, 5) is 0.953. The van der Waals surface area contributed by atoms with Gasteiger partial charge >= 0.3 is 0 Å². The third kappa shape index (κ3) is 1.57. The number of hydrogen-bond donors (Lipinski definition) is 1. The average molecular weight is 297 g/mol. The van der Waals surface area contributed by atoms with Crippen LogP contribution in [0.25, 0.3) is 22.4 Å². The van der Waals surface area contributed by atoms with Crippen LogP contribution in [0.3, 0.4) is 0 Å². The summed E-state index contributed by atoms with van der Waals surface area (Å²) >= 11 is 4.90. The van der Waals surface area contributed by atoms with E-state index in [2.05, 4.69) is 36.3 Å². The largest absolute Gasteiger partial charge is 0.414 e. The molecule has 0 fully saturated rings. The maximum Gasteiger partial charge on any atom is 0.267 e. The molecule has 0 aliphatic carbocycles.